The van der Waals surface area contributed by atoms with Crippen LogP contribution in [0.25, 0.3) is 0 Å². The lowest BCUT2D eigenvalue weighted by Gasteiger charge is -2.32. The number of rotatable bonds is 2. The highest BCUT2D eigenvalue weighted by Crippen LogP contribution is 2.54. The molecule has 0 bridgehead atoms. The third-order valence-corrected chi connectivity index (χ3v) is 7.30. The zero-order chi connectivity index (χ0) is 18.1. The molecule has 0 saturated carbocycles. The van der Waals surface area contributed by atoms with Crippen molar-refractivity contribution in [2.24, 2.45) is 0 Å². The number of aryl methyl sites for hydroxylation is 1. The Kier molecular flexibility index (Phi) is 3.25. The van der Waals surface area contributed by atoms with Gasteiger partial charge in [-0.2, -0.15) is 0 Å². The van der Waals surface area contributed by atoms with E-state index in [2.05, 4.69) is 0 Å². The Balaban J connectivity index is 1.56. The summed E-state index contributed by atoms with van der Waals surface area (Å²) < 4.78 is 40.0. The van der Waals surface area contributed by atoms with Crippen LogP contribution in [-0.4, -0.2) is 26.7 Å². The van der Waals surface area contributed by atoms with Crippen molar-refractivity contribution in [1.82, 2.24) is 0 Å². The Morgan fingerprint density at radius 2 is 1.96 bits per heavy atom. The minimum atomic E-state index is -3.62. The number of para-hydroxylation sites is 1. The van der Waals surface area contributed by atoms with Crippen molar-refractivity contribution >= 4 is 15.7 Å². The van der Waals surface area contributed by atoms with Crippen LogP contribution in [0.5, 0.6) is 5.75 Å². The van der Waals surface area contributed by atoms with Crippen LogP contribution in [-0.2, 0) is 21.2 Å². The zero-order valence-electron chi connectivity index (χ0n) is 14.8. The number of epoxide rings is 1. The maximum absolute atomic E-state index is 13.3. The molecule has 2 unspecified atom stereocenters. The average molecular weight is 371 g/mol. The monoisotopic (exact) mass is 371 g/mol. The van der Waals surface area contributed by atoms with E-state index in [1.165, 1.54) is 4.31 Å². The van der Waals surface area contributed by atoms with Gasteiger partial charge in [-0.3, -0.25) is 4.31 Å². The first-order chi connectivity index (χ1) is 12.4. The zero-order valence-corrected chi connectivity index (χ0v) is 15.6. The molecular weight excluding hydrogens is 350 g/mol. The van der Waals surface area contributed by atoms with Crippen molar-refractivity contribution in [1.29, 1.82) is 0 Å². The first kappa shape index (κ1) is 16.1. The first-order valence-corrected chi connectivity index (χ1v) is 10.4. The normalized spacial score (nSPS) is 25.5. The minimum Gasteiger partial charge on any atom is -0.485 e. The molecule has 1 fully saturated rings. The van der Waals surface area contributed by atoms with Crippen molar-refractivity contribution < 1.29 is 17.9 Å². The van der Waals surface area contributed by atoms with Crippen LogP contribution in [0.2, 0.25) is 0 Å². The number of hydrogen-bond acceptors (Lipinski definition) is 4. The number of fused-ring (bicyclic) bond motifs is 4. The highest BCUT2D eigenvalue weighted by atomic mass is 32.2. The lowest BCUT2D eigenvalue weighted by molar-refractivity contribution is 0.0724. The van der Waals surface area contributed by atoms with Gasteiger partial charge < -0.3 is 9.47 Å². The van der Waals surface area contributed by atoms with Gasteiger partial charge in [-0.15, -0.1) is 0 Å². The van der Waals surface area contributed by atoms with Gasteiger partial charge in [-0.05, 0) is 56.5 Å². The first-order valence-electron chi connectivity index (χ1n) is 8.97. The molecule has 2 aromatic carbocycles. The Morgan fingerprint density at radius 1 is 1.15 bits per heavy atom. The third kappa shape index (κ3) is 2.28. The quantitative estimate of drug-likeness (QED) is 0.759. The summed E-state index contributed by atoms with van der Waals surface area (Å²) in [5.41, 5.74) is 2.31. The lowest BCUT2D eigenvalue weighted by Crippen LogP contribution is -2.38. The van der Waals surface area contributed by atoms with Gasteiger partial charge in [0, 0.05) is 12.1 Å². The van der Waals surface area contributed by atoms with Crippen molar-refractivity contribution in [3.63, 3.8) is 0 Å². The summed E-state index contributed by atoms with van der Waals surface area (Å²) in [5, 5.41) is 0. The maximum Gasteiger partial charge on any atom is 0.264 e. The van der Waals surface area contributed by atoms with Crippen LogP contribution in [0.1, 0.15) is 37.5 Å². The fourth-order valence-electron chi connectivity index (χ4n) is 4.10. The molecule has 26 heavy (non-hydrogen) atoms. The van der Waals surface area contributed by atoms with Crippen LogP contribution in [0, 0.1) is 0 Å². The number of anilines is 1. The Labute approximate surface area is 153 Å². The number of benzene rings is 2. The molecule has 136 valence electrons. The Bertz CT molecular complexity index is 999. The van der Waals surface area contributed by atoms with Gasteiger partial charge in [-0.1, -0.05) is 18.2 Å². The summed E-state index contributed by atoms with van der Waals surface area (Å²) in [6, 6.07) is 12.9. The predicted octanol–water partition coefficient (Wildman–Crippen LogP) is 3.44. The average Bonchev–Trinajstić information content (AvgIpc) is 3.43. The molecule has 2 aromatic rings. The van der Waals surface area contributed by atoms with Crippen molar-refractivity contribution in [3.05, 3.63) is 53.6 Å². The smallest absolute Gasteiger partial charge is 0.264 e. The van der Waals surface area contributed by atoms with E-state index < -0.39 is 10.0 Å². The van der Waals surface area contributed by atoms with E-state index in [0.29, 0.717) is 17.2 Å². The van der Waals surface area contributed by atoms with Crippen molar-refractivity contribution in [3.8, 4) is 5.75 Å². The van der Waals surface area contributed by atoms with E-state index in [9.17, 15) is 8.42 Å². The number of nitrogens with zero attached hydrogens (tertiary/aromatic N) is 1. The summed E-state index contributed by atoms with van der Waals surface area (Å²) in [4.78, 5) is 0.297. The Hall–Kier alpha value is -2.05. The van der Waals surface area contributed by atoms with Crippen LogP contribution >= 0.6 is 0 Å². The summed E-state index contributed by atoms with van der Waals surface area (Å²) >= 11 is 0. The van der Waals surface area contributed by atoms with Crippen molar-refractivity contribution in [2.45, 2.75) is 49.4 Å². The van der Waals surface area contributed by atoms with Gasteiger partial charge in [0.15, 0.2) is 0 Å². The number of ether oxygens (including phenoxy) is 2. The van der Waals surface area contributed by atoms with Gasteiger partial charge in [0.25, 0.3) is 10.0 Å². The second kappa shape index (κ2) is 5.24. The van der Waals surface area contributed by atoms with Crippen LogP contribution in [0.4, 0.5) is 5.69 Å². The molecule has 3 aliphatic rings. The van der Waals surface area contributed by atoms with Gasteiger partial charge in [0.1, 0.15) is 23.6 Å². The fraction of sp³-hybridized carbons (Fsp3) is 0.400. The molecule has 5 nitrogen and oxygen atoms in total. The van der Waals surface area contributed by atoms with Crippen LogP contribution in [0.3, 0.4) is 0 Å². The molecule has 5 rings (SSSR count). The van der Waals surface area contributed by atoms with E-state index >= 15 is 0 Å². The largest absolute Gasteiger partial charge is 0.485 e. The van der Waals surface area contributed by atoms with E-state index in [1.807, 2.05) is 38.1 Å². The predicted molar refractivity (Wildman–Crippen MR) is 98.1 cm³/mol. The summed E-state index contributed by atoms with van der Waals surface area (Å²) in [5.74, 6) is 0.715. The molecule has 6 heteroatoms. The standard InChI is InChI=1S/C20H21NO4S/c1-20(2)19-18(24-19)15-12-14(9-10-17(15)25-20)26(22,23)21-11-5-7-13-6-3-4-8-16(13)21/h3-4,6,8-10,12,18-19H,5,7,11H2,1-2H3. The summed E-state index contributed by atoms with van der Waals surface area (Å²) in [6.07, 6.45) is 1.65. The third-order valence-electron chi connectivity index (χ3n) is 5.49. The van der Waals surface area contributed by atoms with Crippen molar-refractivity contribution in [2.75, 3.05) is 10.8 Å². The highest BCUT2D eigenvalue weighted by molar-refractivity contribution is 7.92. The van der Waals surface area contributed by atoms with Gasteiger partial charge in [0.05, 0.1) is 10.6 Å². The van der Waals surface area contributed by atoms with Gasteiger partial charge in [-0.25, -0.2) is 8.42 Å². The van der Waals surface area contributed by atoms with E-state index in [-0.39, 0.29) is 17.8 Å². The molecule has 3 heterocycles. The van der Waals surface area contributed by atoms with Crippen LogP contribution in [0.15, 0.2) is 47.4 Å². The molecule has 3 aliphatic heterocycles. The molecular formula is C20H21NO4S. The van der Waals surface area contributed by atoms with Gasteiger partial charge in [0.2, 0.25) is 0 Å². The van der Waals surface area contributed by atoms with E-state index in [0.717, 1.165) is 29.7 Å². The number of hydrogen-bond donors (Lipinski definition) is 0. The van der Waals surface area contributed by atoms with Gasteiger partial charge >= 0.3 is 0 Å². The molecule has 0 spiro atoms. The highest BCUT2D eigenvalue weighted by Gasteiger charge is 2.56. The SMILES string of the molecule is CC1(C)Oc2ccc(S(=O)(=O)N3CCCc4ccccc43)cc2C2OC21. The second-order valence-corrected chi connectivity index (χ2v) is 9.55. The molecule has 2 atom stereocenters. The molecule has 0 radical (unpaired) electrons. The maximum atomic E-state index is 13.3. The topological polar surface area (TPSA) is 59.1 Å². The van der Waals surface area contributed by atoms with E-state index in [1.54, 1.807) is 18.2 Å². The second-order valence-electron chi connectivity index (χ2n) is 7.69. The Morgan fingerprint density at radius 3 is 2.81 bits per heavy atom. The molecule has 0 N–H and O–H groups in total. The molecule has 0 aromatic heterocycles. The summed E-state index contributed by atoms with van der Waals surface area (Å²) in [6.45, 7) is 4.49. The van der Waals surface area contributed by atoms with Crippen LogP contribution < -0.4 is 9.04 Å². The molecule has 1 saturated heterocycles. The lowest BCUT2D eigenvalue weighted by atomic mass is 9.94. The molecule has 0 amide bonds. The molecule has 0 aliphatic carbocycles. The summed E-state index contributed by atoms with van der Waals surface area (Å²) in [7, 11) is -3.62. The minimum absolute atomic E-state index is 0.0105. The number of sulfonamides is 1. The van der Waals surface area contributed by atoms with E-state index in [4.69, 9.17) is 9.47 Å². The fourth-order valence-corrected chi connectivity index (χ4v) is 5.67.